The fourth-order valence-corrected chi connectivity index (χ4v) is 6.27. The van der Waals surface area contributed by atoms with E-state index >= 15 is 0 Å². The molecule has 3 aliphatic carbocycles. The third-order valence-electron chi connectivity index (χ3n) is 7.91. The molecule has 5 atom stereocenters. The average molecular weight is 513 g/mol. The summed E-state index contributed by atoms with van der Waals surface area (Å²) in [6.45, 7) is 5.92. The van der Waals surface area contributed by atoms with E-state index < -0.39 is 63.9 Å². The zero-order valence-electron chi connectivity index (χ0n) is 22.1. The number of hydrogen-bond acceptors (Lipinski definition) is 8. The average Bonchev–Trinajstić information content (AvgIpc) is 2.76. The highest BCUT2D eigenvalue weighted by molar-refractivity contribution is 6.31. The van der Waals surface area contributed by atoms with Gasteiger partial charge in [0, 0.05) is 17.9 Å². The summed E-state index contributed by atoms with van der Waals surface area (Å²) < 4.78 is 0. The van der Waals surface area contributed by atoms with Crippen LogP contribution in [0.15, 0.2) is 12.1 Å². The lowest BCUT2D eigenvalue weighted by molar-refractivity contribution is -0.176. The Morgan fingerprint density at radius 2 is 1.78 bits per heavy atom. The first-order valence-electron chi connectivity index (χ1n) is 12.8. The molecule has 9 heteroatoms. The second-order valence-corrected chi connectivity index (χ2v) is 12.1. The van der Waals surface area contributed by atoms with E-state index in [4.69, 9.17) is 0 Å². The molecule has 4 rings (SSSR count). The van der Waals surface area contributed by atoms with Crippen LogP contribution in [0.5, 0.6) is 5.75 Å². The Balaban J connectivity index is 1.68. The van der Waals surface area contributed by atoms with Gasteiger partial charge in [0.05, 0.1) is 11.5 Å². The van der Waals surface area contributed by atoms with Crippen LogP contribution < -0.4 is 5.32 Å². The highest BCUT2D eigenvalue weighted by Gasteiger charge is 2.66. The lowest BCUT2D eigenvalue weighted by Gasteiger charge is -2.49. The number of aryl methyl sites for hydroxylation is 1. The van der Waals surface area contributed by atoms with Gasteiger partial charge in [-0.05, 0) is 90.2 Å². The number of nitrogens with zero attached hydrogens (tertiary/aromatic N) is 1. The summed E-state index contributed by atoms with van der Waals surface area (Å²) in [7, 11) is 3.94. The van der Waals surface area contributed by atoms with Crippen LogP contribution in [0, 0.1) is 23.7 Å². The van der Waals surface area contributed by atoms with Crippen LogP contribution in [0.1, 0.15) is 61.5 Å². The van der Waals surface area contributed by atoms with Crippen molar-refractivity contribution in [3.05, 3.63) is 28.8 Å². The molecule has 0 heterocycles. The predicted molar refractivity (Wildman–Crippen MR) is 134 cm³/mol. The lowest BCUT2D eigenvalue weighted by atomic mass is 9.53. The summed E-state index contributed by atoms with van der Waals surface area (Å²) in [6, 6.07) is 3.24. The van der Waals surface area contributed by atoms with Gasteiger partial charge in [0.15, 0.2) is 34.7 Å². The standard InChI is InChI=1S/C28H36N2O7/c1-27(2,3)29-26(36)22-19(32)13-16-11-15-12-17-14(7-6-10-30(4)5)8-9-18(31)21(17)23(33)20(15)24(34)28(16,37)25(22)35/h8-9,15-16,20,22,31,37H,6-7,10-13H2,1-5H3,(H,29,36)/t15-,16+,20?,22?,28+/m1/s1. The zero-order valence-corrected chi connectivity index (χ0v) is 22.1. The minimum Gasteiger partial charge on any atom is -0.507 e. The molecule has 3 N–H and O–H groups in total. The molecule has 0 bridgehead atoms. The first kappa shape index (κ1) is 27.1. The molecule has 0 radical (unpaired) electrons. The molecule has 1 aromatic carbocycles. The molecule has 1 amide bonds. The van der Waals surface area contributed by atoms with Gasteiger partial charge in [-0.25, -0.2) is 0 Å². The molecular weight excluding hydrogens is 476 g/mol. The van der Waals surface area contributed by atoms with Crippen LogP contribution in [0.4, 0.5) is 0 Å². The number of rotatable bonds is 5. The Morgan fingerprint density at radius 3 is 2.41 bits per heavy atom. The third-order valence-corrected chi connectivity index (χ3v) is 7.91. The van der Waals surface area contributed by atoms with E-state index in [0.29, 0.717) is 18.4 Å². The number of aromatic hydroxyl groups is 1. The van der Waals surface area contributed by atoms with Crippen molar-refractivity contribution < 1.29 is 34.2 Å². The van der Waals surface area contributed by atoms with Crippen LogP contribution in [0.3, 0.4) is 0 Å². The van der Waals surface area contributed by atoms with E-state index in [2.05, 4.69) is 10.2 Å². The molecule has 2 saturated carbocycles. The van der Waals surface area contributed by atoms with Crippen LogP contribution in [-0.2, 0) is 32.0 Å². The van der Waals surface area contributed by atoms with Gasteiger partial charge in [-0.15, -0.1) is 0 Å². The number of carbonyl (C=O) groups excluding carboxylic acids is 5. The van der Waals surface area contributed by atoms with Crippen molar-refractivity contribution >= 4 is 29.0 Å². The molecule has 1 aromatic rings. The second kappa shape index (κ2) is 9.44. The van der Waals surface area contributed by atoms with Crippen molar-refractivity contribution in [1.82, 2.24) is 10.2 Å². The van der Waals surface area contributed by atoms with Crippen molar-refractivity contribution in [2.45, 2.75) is 64.0 Å². The number of hydrogen-bond donors (Lipinski definition) is 3. The number of phenols is 1. The Labute approximate surface area is 216 Å². The largest absolute Gasteiger partial charge is 0.507 e. The zero-order chi connectivity index (χ0) is 27.4. The fourth-order valence-electron chi connectivity index (χ4n) is 6.27. The highest BCUT2D eigenvalue weighted by Crippen LogP contribution is 2.50. The van der Waals surface area contributed by atoms with Crippen molar-refractivity contribution in [2.75, 3.05) is 20.6 Å². The number of Topliss-reactive ketones (excluding diaryl/α,β-unsaturated/α-hetero) is 4. The molecule has 0 aliphatic heterocycles. The van der Waals surface area contributed by atoms with Crippen molar-refractivity contribution in [3.63, 3.8) is 0 Å². The summed E-state index contributed by atoms with van der Waals surface area (Å²) in [5, 5.41) is 24.7. The maximum absolute atomic E-state index is 13.7. The van der Waals surface area contributed by atoms with Gasteiger partial charge < -0.3 is 20.4 Å². The van der Waals surface area contributed by atoms with E-state index in [-0.39, 0.29) is 24.2 Å². The molecule has 0 aromatic heterocycles. The minimum atomic E-state index is -2.60. The number of carbonyl (C=O) groups is 5. The minimum absolute atomic E-state index is 0.0698. The van der Waals surface area contributed by atoms with Gasteiger partial charge in [0.2, 0.25) is 5.91 Å². The lowest BCUT2D eigenvalue weighted by Crippen LogP contribution is -2.68. The molecule has 0 spiro atoms. The smallest absolute Gasteiger partial charge is 0.238 e. The van der Waals surface area contributed by atoms with E-state index in [1.165, 1.54) is 6.07 Å². The number of aliphatic hydroxyl groups is 1. The van der Waals surface area contributed by atoms with Gasteiger partial charge in [-0.1, -0.05) is 6.07 Å². The number of nitrogens with one attached hydrogen (secondary N) is 1. The predicted octanol–water partition coefficient (Wildman–Crippen LogP) is 1.25. The molecule has 2 fully saturated rings. The molecule has 3 aliphatic rings. The Morgan fingerprint density at radius 1 is 1.11 bits per heavy atom. The molecular formula is C28H36N2O7. The van der Waals surface area contributed by atoms with Crippen LogP contribution in [0.25, 0.3) is 0 Å². The quantitative estimate of drug-likeness (QED) is 0.501. The molecule has 0 saturated heterocycles. The molecule has 200 valence electrons. The first-order chi connectivity index (χ1) is 17.2. The van der Waals surface area contributed by atoms with Crippen LogP contribution >= 0.6 is 0 Å². The maximum Gasteiger partial charge on any atom is 0.238 e. The van der Waals surface area contributed by atoms with Gasteiger partial charge >= 0.3 is 0 Å². The number of benzene rings is 1. The van der Waals surface area contributed by atoms with E-state index in [9.17, 15) is 34.2 Å². The molecule has 2 unspecified atom stereocenters. The Bertz CT molecular complexity index is 1180. The Kier molecular flexibility index (Phi) is 6.92. The monoisotopic (exact) mass is 512 g/mol. The molecule has 9 nitrogen and oxygen atoms in total. The summed E-state index contributed by atoms with van der Waals surface area (Å²) >= 11 is 0. The number of ketones is 4. The van der Waals surface area contributed by atoms with E-state index in [1.54, 1.807) is 26.8 Å². The Hall–Kier alpha value is -2.91. The van der Waals surface area contributed by atoms with Crippen molar-refractivity contribution in [2.24, 2.45) is 23.7 Å². The highest BCUT2D eigenvalue weighted by atomic mass is 16.3. The van der Waals surface area contributed by atoms with Crippen LogP contribution in [-0.4, -0.2) is 75.9 Å². The van der Waals surface area contributed by atoms with Gasteiger partial charge in [-0.2, -0.15) is 0 Å². The van der Waals surface area contributed by atoms with Crippen molar-refractivity contribution in [3.8, 4) is 5.75 Å². The van der Waals surface area contributed by atoms with E-state index in [0.717, 1.165) is 18.5 Å². The third kappa shape index (κ3) is 4.63. The summed E-state index contributed by atoms with van der Waals surface area (Å²) in [5.41, 5.74) is -1.64. The van der Waals surface area contributed by atoms with Gasteiger partial charge in [0.1, 0.15) is 5.75 Å². The van der Waals surface area contributed by atoms with Crippen LogP contribution in [0.2, 0.25) is 0 Å². The SMILES string of the molecule is CN(C)CCCc1ccc(O)c2c1C[C@H]1C[C@H]3CC(=O)C(C(=O)NC(C)(C)C)C(=O)[C@@]3(O)C(=O)C1C2=O. The van der Waals surface area contributed by atoms with Crippen molar-refractivity contribution in [1.29, 1.82) is 0 Å². The maximum atomic E-state index is 13.7. The normalized spacial score (nSPS) is 29.6. The second-order valence-electron chi connectivity index (χ2n) is 12.1. The fraction of sp³-hybridized carbons (Fsp3) is 0.607. The summed E-state index contributed by atoms with van der Waals surface area (Å²) in [5.74, 6) is -9.07. The summed E-state index contributed by atoms with van der Waals surface area (Å²) in [6.07, 6.45) is 1.68. The first-order valence-corrected chi connectivity index (χ1v) is 12.8. The number of phenolic OH excluding ortho intramolecular Hbond substituents is 1. The number of amides is 1. The topological polar surface area (TPSA) is 141 Å². The number of fused-ring (bicyclic) bond motifs is 3. The summed E-state index contributed by atoms with van der Waals surface area (Å²) in [4.78, 5) is 68.6. The van der Waals surface area contributed by atoms with E-state index in [1.807, 2.05) is 14.1 Å². The molecule has 37 heavy (non-hydrogen) atoms. The van der Waals surface area contributed by atoms with Gasteiger partial charge in [0.25, 0.3) is 0 Å². The van der Waals surface area contributed by atoms with Gasteiger partial charge in [-0.3, -0.25) is 24.0 Å².